The lowest BCUT2D eigenvalue weighted by atomic mass is 9.95. The van der Waals surface area contributed by atoms with Crippen molar-refractivity contribution in [1.82, 2.24) is 9.80 Å². The predicted molar refractivity (Wildman–Crippen MR) is 155 cm³/mol. The van der Waals surface area contributed by atoms with Crippen LogP contribution in [0.1, 0.15) is 28.3 Å². The van der Waals surface area contributed by atoms with E-state index >= 15 is 0 Å². The molecule has 9 heteroatoms. The number of hydrogen-bond acceptors (Lipinski definition) is 6. The van der Waals surface area contributed by atoms with Crippen molar-refractivity contribution < 1.29 is 24.2 Å². The van der Waals surface area contributed by atoms with Crippen LogP contribution in [0, 0.1) is 6.92 Å². The van der Waals surface area contributed by atoms with E-state index in [-0.39, 0.29) is 11.3 Å². The molecule has 2 aliphatic heterocycles. The zero-order chi connectivity index (χ0) is 28.2. The second kappa shape index (κ2) is 12.4. The molecule has 1 atom stereocenters. The molecular weight excluding hydrogens is 551 g/mol. The van der Waals surface area contributed by atoms with Crippen molar-refractivity contribution in [3.05, 3.63) is 105 Å². The highest BCUT2D eigenvalue weighted by Crippen LogP contribution is 2.41. The fourth-order valence-electron chi connectivity index (χ4n) is 5.01. The molecule has 40 heavy (non-hydrogen) atoms. The lowest BCUT2D eigenvalue weighted by molar-refractivity contribution is -0.140. The summed E-state index contributed by atoms with van der Waals surface area (Å²) in [7, 11) is 0. The van der Waals surface area contributed by atoms with Crippen LogP contribution in [0.25, 0.3) is 5.76 Å². The minimum atomic E-state index is -0.812. The molecule has 3 aromatic carbocycles. The maximum Gasteiger partial charge on any atom is 0.295 e. The van der Waals surface area contributed by atoms with Gasteiger partial charge in [0.15, 0.2) is 0 Å². The van der Waals surface area contributed by atoms with Crippen molar-refractivity contribution in [2.45, 2.75) is 19.6 Å². The van der Waals surface area contributed by atoms with E-state index < -0.39 is 17.7 Å². The molecule has 1 N–H and O–H groups in total. The van der Waals surface area contributed by atoms with Crippen LogP contribution in [0.5, 0.6) is 5.75 Å². The largest absolute Gasteiger partial charge is 0.507 e. The highest BCUT2D eigenvalue weighted by atomic mass is 35.5. The zero-order valence-electron chi connectivity index (χ0n) is 22.1. The minimum absolute atomic E-state index is 0.0129. The van der Waals surface area contributed by atoms with Gasteiger partial charge in [-0.2, -0.15) is 0 Å². The van der Waals surface area contributed by atoms with Crippen molar-refractivity contribution in [3.8, 4) is 5.75 Å². The number of nitrogens with zero attached hydrogens (tertiary/aromatic N) is 2. The fraction of sp³-hybridized carbons (Fsp3) is 0.290. The van der Waals surface area contributed by atoms with Crippen LogP contribution in [-0.4, -0.2) is 66.0 Å². The van der Waals surface area contributed by atoms with Gasteiger partial charge in [-0.15, -0.1) is 0 Å². The topological polar surface area (TPSA) is 79.3 Å². The number of hydrogen-bond donors (Lipinski definition) is 1. The maximum atomic E-state index is 13.3. The van der Waals surface area contributed by atoms with E-state index in [2.05, 4.69) is 4.90 Å². The van der Waals surface area contributed by atoms with Crippen LogP contribution in [0.2, 0.25) is 10.0 Å². The number of aryl methyl sites for hydroxylation is 1. The smallest absolute Gasteiger partial charge is 0.295 e. The summed E-state index contributed by atoms with van der Waals surface area (Å²) in [6.45, 7) is 6.06. The third-order valence-electron chi connectivity index (χ3n) is 7.34. The van der Waals surface area contributed by atoms with Crippen LogP contribution in [-0.2, 0) is 20.9 Å². The van der Waals surface area contributed by atoms with Gasteiger partial charge in [-0.3, -0.25) is 14.5 Å². The molecule has 0 aromatic heterocycles. The van der Waals surface area contributed by atoms with E-state index in [1.54, 1.807) is 42.5 Å². The van der Waals surface area contributed by atoms with Gasteiger partial charge in [0.1, 0.15) is 18.1 Å². The average molecular weight is 581 g/mol. The van der Waals surface area contributed by atoms with Gasteiger partial charge >= 0.3 is 0 Å². The molecule has 2 aliphatic rings. The number of carbonyl (C=O) groups is 2. The number of rotatable bonds is 8. The molecule has 0 saturated carbocycles. The van der Waals surface area contributed by atoms with Gasteiger partial charge < -0.3 is 19.5 Å². The van der Waals surface area contributed by atoms with Gasteiger partial charge in [0.05, 0.1) is 34.9 Å². The van der Waals surface area contributed by atoms with E-state index in [1.807, 2.05) is 31.2 Å². The Hall–Kier alpha value is -3.36. The summed E-state index contributed by atoms with van der Waals surface area (Å²) < 4.78 is 11.3. The van der Waals surface area contributed by atoms with Crippen molar-refractivity contribution in [2.24, 2.45) is 0 Å². The molecule has 3 aromatic rings. The molecule has 1 unspecified atom stereocenters. The third-order valence-corrected chi connectivity index (χ3v) is 8.08. The Morgan fingerprint density at radius 1 is 0.975 bits per heavy atom. The third kappa shape index (κ3) is 6.03. The number of aliphatic hydroxyl groups is 1. The Bertz CT molecular complexity index is 1430. The highest BCUT2D eigenvalue weighted by Gasteiger charge is 2.46. The molecule has 0 bridgehead atoms. The maximum absolute atomic E-state index is 13.3. The second-order valence-corrected chi connectivity index (χ2v) is 10.7. The zero-order valence-corrected chi connectivity index (χ0v) is 23.6. The number of benzene rings is 3. The number of morpholine rings is 1. The molecule has 7 nitrogen and oxygen atoms in total. The monoisotopic (exact) mass is 580 g/mol. The van der Waals surface area contributed by atoms with Gasteiger partial charge in [0.2, 0.25) is 0 Å². The first-order chi connectivity index (χ1) is 19.3. The van der Waals surface area contributed by atoms with E-state index in [1.165, 1.54) is 4.90 Å². The summed E-state index contributed by atoms with van der Waals surface area (Å²) in [5.41, 5.74) is 3.22. The van der Waals surface area contributed by atoms with E-state index in [9.17, 15) is 14.7 Å². The number of likely N-dealkylation sites (tertiary alicyclic amines) is 1. The van der Waals surface area contributed by atoms with Crippen molar-refractivity contribution in [3.63, 3.8) is 0 Å². The molecule has 2 fully saturated rings. The number of aliphatic hydroxyl groups excluding tert-OH is 1. The Morgan fingerprint density at radius 2 is 1.70 bits per heavy atom. The molecule has 2 heterocycles. The van der Waals surface area contributed by atoms with Crippen LogP contribution in [0.3, 0.4) is 0 Å². The molecule has 208 valence electrons. The van der Waals surface area contributed by atoms with Gasteiger partial charge in [-0.1, -0.05) is 53.5 Å². The number of halogens is 2. The summed E-state index contributed by atoms with van der Waals surface area (Å²) in [6.07, 6.45) is 0. The number of ether oxygens (including phenoxy) is 2. The van der Waals surface area contributed by atoms with Gasteiger partial charge in [-0.05, 0) is 60.0 Å². The van der Waals surface area contributed by atoms with Crippen molar-refractivity contribution in [1.29, 1.82) is 0 Å². The quantitative estimate of drug-likeness (QED) is 0.211. The first kappa shape index (κ1) is 28.2. The Morgan fingerprint density at radius 3 is 2.40 bits per heavy atom. The lowest BCUT2D eigenvalue weighted by Gasteiger charge is -2.31. The first-order valence-corrected chi connectivity index (χ1v) is 13.9. The molecular formula is C31H30Cl2N2O5. The molecule has 0 aliphatic carbocycles. The molecule has 2 saturated heterocycles. The lowest BCUT2D eigenvalue weighted by Crippen LogP contribution is -2.42. The van der Waals surface area contributed by atoms with E-state index in [4.69, 9.17) is 32.7 Å². The van der Waals surface area contributed by atoms with Crippen molar-refractivity contribution >= 4 is 40.7 Å². The van der Waals surface area contributed by atoms with E-state index in [0.717, 1.165) is 24.2 Å². The first-order valence-electron chi connectivity index (χ1n) is 13.1. The van der Waals surface area contributed by atoms with Gasteiger partial charge in [0.25, 0.3) is 11.7 Å². The minimum Gasteiger partial charge on any atom is -0.507 e. The standard InChI is InChI=1S/C31H30Cl2N2O5/c1-20-4-2-3-5-23(20)19-40-24-9-6-21(7-10-24)29(36)27-28(22-8-11-25(32)26(33)18-22)35(31(38)30(27)37)13-12-34-14-16-39-17-15-34/h2-11,18,28,36H,12-17,19H2,1H3. The summed E-state index contributed by atoms with van der Waals surface area (Å²) in [4.78, 5) is 30.3. The molecule has 0 spiro atoms. The predicted octanol–water partition coefficient (Wildman–Crippen LogP) is 5.63. The Kier molecular flexibility index (Phi) is 8.76. The second-order valence-electron chi connectivity index (χ2n) is 9.86. The Balaban J connectivity index is 1.43. The summed E-state index contributed by atoms with van der Waals surface area (Å²) in [5, 5.41) is 12.0. The van der Waals surface area contributed by atoms with Crippen LogP contribution >= 0.6 is 23.2 Å². The van der Waals surface area contributed by atoms with Crippen LogP contribution in [0.15, 0.2) is 72.3 Å². The summed E-state index contributed by atoms with van der Waals surface area (Å²) in [6, 6.07) is 19.0. The average Bonchev–Trinajstić information content (AvgIpc) is 3.22. The number of amides is 1. The Labute approximate surface area is 243 Å². The normalized spacial score (nSPS) is 19.3. The highest BCUT2D eigenvalue weighted by molar-refractivity contribution is 6.46. The van der Waals surface area contributed by atoms with E-state index in [0.29, 0.717) is 59.8 Å². The molecule has 5 rings (SSSR count). The number of ketones is 1. The number of Topliss-reactive ketones (excluding diaryl/α,β-unsaturated/α-hetero) is 1. The molecule has 1 amide bonds. The number of carbonyl (C=O) groups excluding carboxylic acids is 2. The van der Waals surface area contributed by atoms with Crippen molar-refractivity contribution in [2.75, 3.05) is 39.4 Å². The van der Waals surface area contributed by atoms with Gasteiger partial charge in [0, 0.05) is 31.7 Å². The fourth-order valence-corrected chi connectivity index (χ4v) is 5.32. The van der Waals surface area contributed by atoms with Crippen LogP contribution in [0.4, 0.5) is 0 Å². The SMILES string of the molecule is Cc1ccccc1COc1ccc(C(O)=C2C(=O)C(=O)N(CCN3CCOCC3)C2c2ccc(Cl)c(Cl)c2)cc1. The summed E-state index contributed by atoms with van der Waals surface area (Å²) >= 11 is 12.5. The van der Waals surface area contributed by atoms with Gasteiger partial charge in [-0.25, -0.2) is 0 Å². The summed E-state index contributed by atoms with van der Waals surface area (Å²) in [5.74, 6) is -1.04. The molecule has 0 radical (unpaired) electrons. The van der Waals surface area contributed by atoms with Crippen LogP contribution < -0.4 is 4.74 Å².